The highest BCUT2D eigenvalue weighted by Crippen LogP contribution is 2.38. The molecule has 4 rings (SSSR count). The number of rotatable bonds is 3. The van der Waals surface area contributed by atoms with Crippen molar-refractivity contribution in [3.63, 3.8) is 0 Å². The van der Waals surface area contributed by atoms with E-state index in [9.17, 15) is 8.42 Å². The molecule has 0 atom stereocenters. The molecular formula is C17H20N4O3S. The number of benzene rings is 1. The fraction of sp³-hybridized carbons (Fsp3) is 0.412. The second-order valence-corrected chi connectivity index (χ2v) is 8.10. The lowest BCUT2D eigenvalue weighted by Crippen LogP contribution is -2.55. The average Bonchev–Trinajstić information content (AvgIpc) is 3.08. The Morgan fingerprint density at radius 1 is 1.04 bits per heavy atom. The molecule has 2 saturated heterocycles. The first-order valence-electron chi connectivity index (χ1n) is 8.35. The predicted molar refractivity (Wildman–Crippen MR) is 92.5 cm³/mol. The number of sulfonamides is 1. The molecule has 3 heterocycles. The minimum absolute atomic E-state index is 0.316. The molecule has 1 aromatic carbocycles. The van der Waals surface area contributed by atoms with Gasteiger partial charge in [-0.2, -0.15) is 4.31 Å². The first-order chi connectivity index (χ1) is 12.1. The van der Waals surface area contributed by atoms with Gasteiger partial charge in [-0.05, 0) is 12.1 Å². The van der Waals surface area contributed by atoms with E-state index in [1.165, 1.54) is 0 Å². The van der Waals surface area contributed by atoms with Crippen molar-refractivity contribution < 1.29 is 13.2 Å². The molecule has 25 heavy (non-hydrogen) atoms. The highest BCUT2D eigenvalue weighted by Gasteiger charge is 2.50. The zero-order valence-electron chi connectivity index (χ0n) is 13.8. The summed E-state index contributed by atoms with van der Waals surface area (Å²) in [5.74, 6) is 0.813. The number of nitrogens with zero attached hydrogens (tertiary/aromatic N) is 4. The molecule has 1 aromatic heterocycles. The molecule has 132 valence electrons. The number of ether oxygens (including phenoxy) is 1. The maximum Gasteiger partial charge on any atom is 0.245 e. The third kappa shape index (κ3) is 2.90. The van der Waals surface area contributed by atoms with Gasteiger partial charge in [-0.3, -0.25) is 4.98 Å². The van der Waals surface area contributed by atoms with Crippen LogP contribution in [0.5, 0.6) is 0 Å². The van der Waals surface area contributed by atoms with Gasteiger partial charge in [-0.15, -0.1) is 0 Å². The third-order valence-electron chi connectivity index (χ3n) is 4.87. The average molecular weight is 360 g/mol. The SMILES string of the molecule is O=S(=O)(c1ccccc1)N1CCOC12CCN(c1cnccn1)CC2. The Kier molecular flexibility index (Phi) is 4.18. The van der Waals surface area contributed by atoms with Gasteiger partial charge in [-0.25, -0.2) is 13.4 Å². The first kappa shape index (κ1) is 16.4. The summed E-state index contributed by atoms with van der Waals surface area (Å²) in [6, 6.07) is 8.57. The van der Waals surface area contributed by atoms with E-state index >= 15 is 0 Å². The molecule has 2 aromatic rings. The number of piperidine rings is 1. The summed E-state index contributed by atoms with van der Waals surface area (Å²) < 4.78 is 33.7. The van der Waals surface area contributed by atoms with Crippen molar-refractivity contribution in [2.24, 2.45) is 0 Å². The molecule has 0 saturated carbocycles. The van der Waals surface area contributed by atoms with E-state index in [4.69, 9.17) is 4.74 Å². The van der Waals surface area contributed by atoms with E-state index in [0.29, 0.717) is 44.0 Å². The topological polar surface area (TPSA) is 75.6 Å². The van der Waals surface area contributed by atoms with Gasteiger partial charge in [0.2, 0.25) is 10.0 Å². The Morgan fingerprint density at radius 3 is 2.48 bits per heavy atom. The van der Waals surface area contributed by atoms with Crippen molar-refractivity contribution in [1.29, 1.82) is 0 Å². The number of hydrogen-bond donors (Lipinski definition) is 0. The fourth-order valence-electron chi connectivity index (χ4n) is 3.59. The highest BCUT2D eigenvalue weighted by atomic mass is 32.2. The van der Waals surface area contributed by atoms with Crippen molar-refractivity contribution in [1.82, 2.24) is 14.3 Å². The summed E-state index contributed by atoms with van der Waals surface area (Å²) in [5.41, 5.74) is -0.757. The normalized spacial score (nSPS) is 20.9. The van der Waals surface area contributed by atoms with Gasteiger partial charge in [-0.1, -0.05) is 18.2 Å². The van der Waals surface area contributed by atoms with Crippen LogP contribution in [0, 0.1) is 0 Å². The molecule has 0 aliphatic carbocycles. The summed E-state index contributed by atoms with van der Waals surface area (Å²) >= 11 is 0. The molecule has 0 N–H and O–H groups in total. The zero-order chi connectivity index (χ0) is 17.3. The van der Waals surface area contributed by atoms with Gasteiger partial charge in [0.25, 0.3) is 0 Å². The Bertz CT molecular complexity index is 821. The van der Waals surface area contributed by atoms with Crippen molar-refractivity contribution in [2.75, 3.05) is 31.1 Å². The van der Waals surface area contributed by atoms with Crippen LogP contribution in [-0.2, 0) is 14.8 Å². The smallest absolute Gasteiger partial charge is 0.245 e. The standard InChI is InChI=1S/C17H20N4O3S/c22-25(23,15-4-2-1-3-5-15)21-12-13-24-17(21)6-10-20(11-7-17)16-14-18-8-9-19-16/h1-5,8-9,14H,6-7,10-13H2. The third-order valence-corrected chi connectivity index (χ3v) is 6.83. The molecule has 0 unspecified atom stereocenters. The fourth-order valence-corrected chi connectivity index (χ4v) is 5.33. The van der Waals surface area contributed by atoms with Crippen molar-refractivity contribution in [3.05, 3.63) is 48.9 Å². The molecular weight excluding hydrogens is 340 g/mol. The van der Waals surface area contributed by atoms with E-state index < -0.39 is 15.7 Å². The van der Waals surface area contributed by atoms with E-state index in [1.54, 1.807) is 47.2 Å². The van der Waals surface area contributed by atoms with E-state index in [1.807, 2.05) is 6.07 Å². The summed E-state index contributed by atoms with van der Waals surface area (Å²) in [6.07, 6.45) is 6.25. The van der Waals surface area contributed by atoms with Gasteiger partial charge >= 0.3 is 0 Å². The second-order valence-electron chi connectivity index (χ2n) is 6.24. The maximum absolute atomic E-state index is 13.1. The van der Waals surface area contributed by atoms with Crippen LogP contribution in [0.3, 0.4) is 0 Å². The van der Waals surface area contributed by atoms with Crippen LogP contribution in [0.25, 0.3) is 0 Å². The minimum Gasteiger partial charge on any atom is -0.358 e. The molecule has 0 amide bonds. The van der Waals surface area contributed by atoms with E-state index in [-0.39, 0.29) is 0 Å². The van der Waals surface area contributed by atoms with E-state index in [2.05, 4.69) is 14.9 Å². The molecule has 0 radical (unpaired) electrons. The molecule has 1 spiro atoms. The molecule has 2 fully saturated rings. The van der Waals surface area contributed by atoms with Crippen LogP contribution in [0.2, 0.25) is 0 Å². The quantitative estimate of drug-likeness (QED) is 0.826. The summed E-state index contributed by atoms with van der Waals surface area (Å²) in [5, 5.41) is 0. The minimum atomic E-state index is -3.57. The Labute approximate surface area is 147 Å². The number of aromatic nitrogens is 2. The monoisotopic (exact) mass is 360 g/mol. The van der Waals surface area contributed by atoms with Gasteiger partial charge in [0.15, 0.2) is 0 Å². The summed E-state index contributed by atoms with van der Waals surface area (Å²) in [7, 11) is -3.57. The lowest BCUT2D eigenvalue weighted by Gasteiger charge is -2.43. The highest BCUT2D eigenvalue weighted by molar-refractivity contribution is 7.89. The zero-order valence-corrected chi connectivity index (χ0v) is 14.6. The van der Waals surface area contributed by atoms with Crippen LogP contribution in [-0.4, -0.2) is 54.7 Å². The van der Waals surface area contributed by atoms with Crippen molar-refractivity contribution in [3.8, 4) is 0 Å². The van der Waals surface area contributed by atoms with Crippen LogP contribution < -0.4 is 4.90 Å². The van der Waals surface area contributed by atoms with Gasteiger partial charge in [0, 0.05) is 44.9 Å². The summed E-state index contributed by atoms with van der Waals surface area (Å²) in [4.78, 5) is 10.9. The van der Waals surface area contributed by atoms with Gasteiger partial charge < -0.3 is 9.64 Å². The van der Waals surface area contributed by atoms with Crippen molar-refractivity contribution >= 4 is 15.8 Å². The number of anilines is 1. The lowest BCUT2D eigenvalue weighted by atomic mass is 10.0. The van der Waals surface area contributed by atoms with Crippen LogP contribution in [0.15, 0.2) is 53.8 Å². The largest absolute Gasteiger partial charge is 0.358 e. The molecule has 2 aliphatic heterocycles. The number of hydrogen-bond acceptors (Lipinski definition) is 6. The van der Waals surface area contributed by atoms with Crippen LogP contribution >= 0.6 is 0 Å². The Balaban J connectivity index is 1.56. The maximum atomic E-state index is 13.1. The van der Waals surface area contributed by atoms with Crippen LogP contribution in [0.1, 0.15) is 12.8 Å². The Hall–Kier alpha value is -2.03. The molecule has 7 nitrogen and oxygen atoms in total. The second kappa shape index (κ2) is 6.36. The van der Waals surface area contributed by atoms with Crippen molar-refractivity contribution in [2.45, 2.75) is 23.5 Å². The predicted octanol–water partition coefficient (Wildman–Crippen LogP) is 1.49. The first-order valence-corrected chi connectivity index (χ1v) is 9.79. The van der Waals surface area contributed by atoms with Gasteiger partial charge in [0.05, 0.1) is 17.7 Å². The summed E-state index contributed by atoms with van der Waals surface area (Å²) in [6.45, 7) is 2.18. The van der Waals surface area contributed by atoms with E-state index in [0.717, 1.165) is 5.82 Å². The lowest BCUT2D eigenvalue weighted by molar-refractivity contribution is -0.0665. The molecule has 2 aliphatic rings. The van der Waals surface area contributed by atoms with Crippen LogP contribution in [0.4, 0.5) is 5.82 Å². The van der Waals surface area contributed by atoms with Gasteiger partial charge in [0.1, 0.15) is 11.5 Å². The molecule has 8 heteroatoms. The molecule has 0 bridgehead atoms. The Morgan fingerprint density at radius 2 is 1.80 bits per heavy atom.